The summed E-state index contributed by atoms with van der Waals surface area (Å²) in [5, 5.41) is 8.15. The Bertz CT molecular complexity index is 1060. The maximum atomic E-state index is 13.9. The fourth-order valence-electron chi connectivity index (χ4n) is 2.86. The molecule has 0 aliphatic carbocycles. The maximum absolute atomic E-state index is 13.9. The monoisotopic (exact) mass is 347 g/mol. The van der Waals surface area contributed by atoms with Gasteiger partial charge in [-0.15, -0.1) is 0 Å². The molecule has 4 rings (SSSR count). The predicted molar refractivity (Wildman–Crippen MR) is 98.4 cm³/mol. The summed E-state index contributed by atoms with van der Waals surface area (Å²) >= 11 is 0. The second-order valence-corrected chi connectivity index (χ2v) is 5.95. The van der Waals surface area contributed by atoms with Crippen LogP contribution in [0, 0.1) is 11.6 Å². The van der Waals surface area contributed by atoms with Crippen LogP contribution in [0.4, 0.5) is 8.78 Å². The number of aromatic amines is 1. The van der Waals surface area contributed by atoms with Crippen LogP contribution in [0.5, 0.6) is 0 Å². The van der Waals surface area contributed by atoms with Crippen molar-refractivity contribution in [3.63, 3.8) is 0 Å². The standard InChI is InChI=1S/C21H15F2N3/c22-18-5-3-6-19(23)16(18)12-14-7-9-20-17(13-14)21(26-25-20)10-8-15-4-1-2-11-24-15/h1-11,13H,12H2,(H,25,26)/b10-8+. The Hall–Kier alpha value is -3.34. The number of halogens is 2. The van der Waals surface area contributed by atoms with Gasteiger partial charge in [-0.2, -0.15) is 5.10 Å². The van der Waals surface area contributed by atoms with Gasteiger partial charge in [-0.05, 0) is 54.1 Å². The topological polar surface area (TPSA) is 41.6 Å². The lowest BCUT2D eigenvalue weighted by atomic mass is 10.0. The van der Waals surface area contributed by atoms with Crippen molar-refractivity contribution in [3.05, 3.63) is 94.9 Å². The van der Waals surface area contributed by atoms with Crippen LogP contribution in [0.2, 0.25) is 0 Å². The second kappa shape index (κ2) is 6.88. The normalized spacial score (nSPS) is 11.5. The average molecular weight is 347 g/mol. The summed E-state index contributed by atoms with van der Waals surface area (Å²) in [6.45, 7) is 0. The average Bonchev–Trinajstić information content (AvgIpc) is 3.06. The Morgan fingerprint density at radius 2 is 1.77 bits per heavy atom. The highest BCUT2D eigenvalue weighted by Gasteiger charge is 2.11. The number of aromatic nitrogens is 3. The zero-order chi connectivity index (χ0) is 17.9. The van der Waals surface area contributed by atoms with E-state index in [1.807, 2.05) is 48.6 Å². The Labute approximate surface area is 149 Å². The van der Waals surface area contributed by atoms with Gasteiger partial charge in [-0.1, -0.05) is 18.2 Å². The van der Waals surface area contributed by atoms with Crippen molar-refractivity contribution in [1.29, 1.82) is 0 Å². The molecular weight excluding hydrogens is 332 g/mol. The number of H-pyrrole nitrogens is 1. The van der Waals surface area contributed by atoms with Gasteiger partial charge < -0.3 is 0 Å². The van der Waals surface area contributed by atoms with Crippen molar-refractivity contribution in [1.82, 2.24) is 15.2 Å². The molecule has 26 heavy (non-hydrogen) atoms. The molecule has 0 aliphatic rings. The fourth-order valence-corrected chi connectivity index (χ4v) is 2.86. The number of nitrogens with one attached hydrogen (secondary N) is 1. The van der Waals surface area contributed by atoms with Crippen LogP contribution in [0.25, 0.3) is 23.1 Å². The predicted octanol–water partition coefficient (Wildman–Crippen LogP) is 5.00. The van der Waals surface area contributed by atoms with Crippen LogP contribution in [0.3, 0.4) is 0 Å². The van der Waals surface area contributed by atoms with Gasteiger partial charge in [0.1, 0.15) is 11.6 Å². The van der Waals surface area contributed by atoms with E-state index >= 15 is 0 Å². The molecule has 5 heteroatoms. The molecule has 0 fully saturated rings. The summed E-state index contributed by atoms with van der Waals surface area (Å²) in [6.07, 6.45) is 5.69. The van der Waals surface area contributed by atoms with Gasteiger partial charge in [0.15, 0.2) is 0 Å². The van der Waals surface area contributed by atoms with E-state index in [-0.39, 0.29) is 12.0 Å². The molecule has 128 valence electrons. The molecule has 0 atom stereocenters. The molecule has 2 aromatic heterocycles. The van der Waals surface area contributed by atoms with Crippen molar-refractivity contribution in [3.8, 4) is 0 Å². The van der Waals surface area contributed by atoms with Crippen LogP contribution >= 0.6 is 0 Å². The SMILES string of the molecule is Fc1cccc(F)c1Cc1ccc2n[nH]c(/C=C/c3ccccn3)c2c1. The highest BCUT2D eigenvalue weighted by Crippen LogP contribution is 2.23. The quantitative estimate of drug-likeness (QED) is 0.565. The van der Waals surface area contributed by atoms with Gasteiger partial charge in [-0.3, -0.25) is 10.1 Å². The molecule has 0 unspecified atom stereocenters. The molecule has 0 amide bonds. The molecule has 4 aromatic rings. The third-order valence-electron chi connectivity index (χ3n) is 4.20. The summed E-state index contributed by atoms with van der Waals surface area (Å²) in [5.41, 5.74) is 3.33. The first kappa shape index (κ1) is 16.1. The first-order valence-corrected chi connectivity index (χ1v) is 8.20. The van der Waals surface area contributed by atoms with Crippen molar-refractivity contribution >= 4 is 23.1 Å². The lowest BCUT2D eigenvalue weighted by molar-refractivity contribution is 0.561. The lowest BCUT2D eigenvalue weighted by Gasteiger charge is -2.05. The van der Waals surface area contributed by atoms with Gasteiger partial charge in [-0.25, -0.2) is 8.78 Å². The Balaban J connectivity index is 1.67. The molecule has 3 nitrogen and oxygen atoms in total. The van der Waals surface area contributed by atoms with Gasteiger partial charge in [0.25, 0.3) is 0 Å². The lowest BCUT2D eigenvalue weighted by Crippen LogP contribution is -1.96. The zero-order valence-corrected chi connectivity index (χ0v) is 13.8. The van der Waals surface area contributed by atoms with E-state index in [1.165, 1.54) is 18.2 Å². The smallest absolute Gasteiger partial charge is 0.129 e. The number of rotatable bonds is 4. The molecule has 0 saturated heterocycles. The number of hydrogen-bond acceptors (Lipinski definition) is 2. The Kier molecular flexibility index (Phi) is 4.27. The van der Waals surface area contributed by atoms with E-state index in [0.717, 1.165) is 27.9 Å². The number of hydrogen-bond donors (Lipinski definition) is 1. The minimum absolute atomic E-state index is 0.0703. The fraction of sp³-hybridized carbons (Fsp3) is 0.0476. The van der Waals surface area contributed by atoms with Crippen molar-refractivity contribution in [2.75, 3.05) is 0 Å². The third-order valence-corrected chi connectivity index (χ3v) is 4.20. The summed E-state index contributed by atoms with van der Waals surface area (Å²) in [7, 11) is 0. The highest BCUT2D eigenvalue weighted by molar-refractivity contribution is 5.89. The molecule has 0 aliphatic heterocycles. The molecule has 2 aromatic carbocycles. The van der Waals surface area contributed by atoms with Crippen LogP contribution in [-0.4, -0.2) is 15.2 Å². The van der Waals surface area contributed by atoms with E-state index in [1.54, 1.807) is 6.20 Å². The molecule has 0 radical (unpaired) electrons. The minimum atomic E-state index is -0.535. The van der Waals surface area contributed by atoms with Crippen molar-refractivity contribution < 1.29 is 8.78 Å². The first-order chi connectivity index (χ1) is 12.7. The summed E-state index contributed by atoms with van der Waals surface area (Å²) in [4.78, 5) is 4.25. The Morgan fingerprint density at radius 1 is 0.923 bits per heavy atom. The van der Waals surface area contributed by atoms with Gasteiger partial charge in [0, 0.05) is 23.6 Å². The van der Waals surface area contributed by atoms with E-state index in [9.17, 15) is 8.78 Å². The largest absolute Gasteiger partial charge is 0.277 e. The van der Waals surface area contributed by atoms with Gasteiger partial charge in [0.05, 0.1) is 16.9 Å². The third kappa shape index (κ3) is 3.24. The van der Waals surface area contributed by atoms with E-state index in [2.05, 4.69) is 15.2 Å². The first-order valence-electron chi connectivity index (χ1n) is 8.20. The maximum Gasteiger partial charge on any atom is 0.129 e. The number of fused-ring (bicyclic) bond motifs is 1. The molecule has 1 N–H and O–H groups in total. The van der Waals surface area contributed by atoms with Crippen molar-refractivity contribution in [2.24, 2.45) is 0 Å². The van der Waals surface area contributed by atoms with E-state index in [4.69, 9.17) is 0 Å². The summed E-state index contributed by atoms with van der Waals surface area (Å²) < 4.78 is 27.8. The number of benzene rings is 2. The van der Waals surface area contributed by atoms with Crippen LogP contribution in [-0.2, 0) is 6.42 Å². The minimum Gasteiger partial charge on any atom is -0.277 e. The summed E-state index contributed by atoms with van der Waals surface area (Å²) in [5.74, 6) is -1.07. The number of nitrogens with zero attached hydrogens (tertiary/aromatic N) is 2. The second-order valence-electron chi connectivity index (χ2n) is 5.95. The highest BCUT2D eigenvalue weighted by atomic mass is 19.1. The van der Waals surface area contributed by atoms with Gasteiger partial charge >= 0.3 is 0 Å². The van der Waals surface area contributed by atoms with E-state index in [0.29, 0.717) is 0 Å². The molecule has 0 spiro atoms. The molecule has 0 saturated carbocycles. The summed E-state index contributed by atoms with van der Waals surface area (Å²) in [6, 6.07) is 15.2. The van der Waals surface area contributed by atoms with Crippen LogP contribution in [0.1, 0.15) is 22.5 Å². The molecule has 0 bridgehead atoms. The van der Waals surface area contributed by atoms with Crippen molar-refractivity contribution in [2.45, 2.75) is 6.42 Å². The number of pyridine rings is 1. The van der Waals surface area contributed by atoms with Gasteiger partial charge in [0.2, 0.25) is 0 Å². The van der Waals surface area contributed by atoms with Crippen LogP contribution < -0.4 is 0 Å². The van der Waals surface area contributed by atoms with Crippen LogP contribution in [0.15, 0.2) is 60.8 Å². The molecule has 2 heterocycles. The Morgan fingerprint density at radius 3 is 2.54 bits per heavy atom. The zero-order valence-electron chi connectivity index (χ0n) is 13.8. The molecular formula is C21H15F2N3. The van der Waals surface area contributed by atoms with E-state index < -0.39 is 11.6 Å².